The lowest BCUT2D eigenvalue weighted by Crippen LogP contribution is -2.23. The number of nitrogens with zero attached hydrogens (tertiary/aromatic N) is 4. The van der Waals surface area contributed by atoms with Crippen LogP contribution in [0.15, 0.2) is 122 Å². The van der Waals surface area contributed by atoms with Gasteiger partial charge in [-0.1, -0.05) is 61.7 Å². The lowest BCUT2D eigenvalue weighted by molar-refractivity contribution is 0.945. The van der Waals surface area contributed by atoms with E-state index in [4.69, 9.17) is 5.73 Å². The summed E-state index contributed by atoms with van der Waals surface area (Å²) in [6, 6.07) is 26.8. The smallest absolute Gasteiger partial charge is 0.145 e. The predicted octanol–water partition coefficient (Wildman–Crippen LogP) is 6.89. The zero-order valence-electron chi connectivity index (χ0n) is 20.5. The van der Waals surface area contributed by atoms with E-state index in [9.17, 15) is 0 Å². The predicted molar refractivity (Wildman–Crippen MR) is 153 cm³/mol. The number of nitrogens with one attached hydrogen (secondary N) is 1. The molecule has 1 aliphatic heterocycles. The summed E-state index contributed by atoms with van der Waals surface area (Å²) in [5, 5.41) is 4.33. The van der Waals surface area contributed by atoms with Gasteiger partial charge in [-0.2, -0.15) is 0 Å². The normalized spacial score (nSPS) is 12.8. The third kappa shape index (κ3) is 3.85. The molecule has 0 bridgehead atoms. The lowest BCUT2D eigenvalue weighted by atomic mass is 9.97. The Bertz CT molecular complexity index is 1690. The quantitative estimate of drug-likeness (QED) is 0.285. The molecular formula is C31H26N6. The molecule has 3 heterocycles. The molecule has 0 radical (unpaired) electrons. The Hall–Kier alpha value is -5.10. The molecule has 2 aromatic heterocycles. The van der Waals surface area contributed by atoms with Crippen molar-refractivity contribution >= 4 is 40.0 Å². The van der Waals surface area contributed by atoms with Gasteiger partial charge < -0.3 is 20.5 Å². The zero-order valence-corrected chi connectivity index (χ0v) is 20.5. The summed E-state index contributed by atoms with van der Waals surface area (Å²) in [5.41, 5.74) is 15.8. The maximum atomic E-state index is 6.18. The van der Waals surface area contributed by atoms with Gasteiger partial charge in [0.05, 0.1) is 11.1 Å². The van der Waals surface area contributed by atoms with Crippen molar-refractivity contribution in [1.82, 2.24) is 14.5 Å². The van der Waals surface area contributed by atoms with Gasteiger partial charge in [0.2, 0.25) is 0 Å². The Labute approximate surface area is 215 Å². The molecular weight excluding hydrogens is 456 g/mol. The largest absolute Gasteiger partial charge is 0.383 e. The first-order valence-corrected chi connectivity index (χ1v) is 12.0. The van der Waals surface area contributed by atoms with Crippen LogP contribution in [0.1, 0.15) is 5.56 Å². The number of hydrogen-bond donors (Lipinski definition) is 2. The third-order valence-corrected chi connectivity index (χ3v) is 6.67. The molecule has 0 saturated carbocycles. The Morgan fingerprint density at radius 3 is 2.43 bits per heavy atom. The van der Waals surface area contributed by atoms with E-state index in [1.54, 1.807) is 0 Å². The highest BCUT2D eigenvalue weighted by atomic mass is 15.2. The Kier molecular flexibility index (Phi) is 5.34. The van der Waals surface area contributed by atoms with Crippen molar-refractivity contribution in [2.24, 2.45) is 7.05 Å². The Morgan fingerprint density at radius 1 is 0.919 bits per heavy atom. The standard InChI is InChI=1S/C31H26N6/c1-20(26-17-23-9-7-8-12-28(23)37(21(26)2)25-10-5-4-6-11-25)35-24-15-13-22(14-16-24)27-18-36(3)31-29(27)30(32)33-19-34-31/h4-19,35H,1-2H2,3H3,(H2,32,33,34). The molecule has 6 heteroatoms. The first kappa shape index (κ1) is 22.4. The fourth-order valence-electron chi connectivity index (χ4n) is 4.88. The summed E-state index contributed by atoms with van der Waals surface area (Å²) in [4.78, 5) is 10.7. The summed E-state index contributed by atoms with van der Waals surface area (Å²) in [6.45, 7) is 8.80. The maximum absolute atomic E-state index is 6.18. The molecule has 6 rings (SSSR count). The van der Waals surface area contributed by atoms with E-state index in [1.165, 1.54) is 6.33 Å². The highest BCUT2D eigenvalue weighted by Crippen LogP contribution is 2.41. The maximum Gasteiger partial charge on any atom is 0.145 e. The summed E-state index contributed by atoms with van der Waals surface area (Å²) in [5.74, 6) is 0.474. The van der Waals surface area contributed by atoms with Crippen LogP contribution in [0.25, 0.3) is 28.2 Å². The number of anilines is 4. The number of rotatable bonds is 5. The lowest BCUT2D eigenvalue weighted by Gasteiger charge is -2.34. The second-order valence-corrected chi connectivity index (χ2v) is 9.03. The summed E-state index contributed by atoms with van der Waals surface area (Å²) in [6.07, 6.45) is 5.66. The minimum atomic E-state index is 0.474. The summed E-state index contributed by atoms with van der Waals surface area (Å²) in [7, 11) is 1.96. The molecule has 0 fully saturated rings. The van der Waals surface area contributed by atoms with Gasteiger partial charge in [-0.15, -0.1) is 0 Å². The average molecular weight is 483 g/mol. The highest BCUT2D eigenvalue weighted by molar-refractivity contribution is 6.00. The average Bonchev–Trinajstić information content (AvgIpc) is 3.26. The van der Waals surface area contributed by atoms with Gasteiger partial charge in [-0.05, 0) is 47.5 Å². The zero-order chi connectivity index (χ0) is 25.5. The van der Waals surface area contributed by atoms with Crippen molar-refractivity contribution in [3.8, 4) is 11.1 Å². The molecule has 0 amide bonds. The van der Waals surface area contributed by atoms with Crippen molar-refractivity contribution in [2.45, 2.75) is 0 Å². The van der Waals surface area contributed by atoms with E-state index in [1.807, 2.05) is 60.3 Å². The number of nitrogen functional groups attached to an aromatic ring is 1. The van der Waals surface area contributed by atoms with Gasteiger partial charge in [-0.3, -0.25) is 0 Å². The fourth-order valence-corrected chi connectivity index (χ4v) is 4.88. The minimum Gasteiger partial charge on any atom is -0.383 e. The van der Waals surface area contributed by atoms with Crippen molar-refractivity contribution in [3.05, 3.63) is 127 Å². The molecule has 0 saturated heterocycles. The molecule has 0 spiro atoms. The van der Waals surface area contributed by atoms with Crippen LogP contribution in [0.2, 0.25) is 0 Å². The molecule has 6 nitrogen and oxygen atoms in total. The number of benzene rings is 3. The minimum absolute atomic E-state index is 0.474. The van der Waals surface area contributed by atoms with Crippen LogP contribution in [-0.4, -0.2) is 14.5 Å². The first-order chi connectivity index (χ1) is 18.0. The SMILES string of the molecule is C=C(Nc1ccc(-c2cn(C)c3ncnc(N)c23)cc1)C1=Cc2ccccc2N(c2ccccc2)C1=C. The molecule has 3 aromatic carbocycles. The van der Waals surface area contributed by atoms with Gasteiger partial charge in [0.25, 0.3) is 0 Å². The number of aryl methyl sites for hydroxylation is 1. The van der Waals surface area contributed by atoms with Gasteiger partial charge in [0, 0.05) is 47.1 Å². The van der Waals surface area contributed by atoms with Crippen LogP contribution in [0.3, 0.4) is 0 Å². The van der Waals surface area contributed by atoms with E-state index in [-0.39, 0.29) is 0 Å². The number of nitrogens with two attached hydrogens (primary N) is 1. The van der Waals surface area contributed by atoms with Gasteiger partial charge in [-0.25, -0.2) is 9.97 Å². The second-order valence-electron chi connectivity index (χ2n) is 9.03. The van der Waals surface area contributed by atoms with Crippen LogP contribution in [0.4, 0.5) is 22.9 Å². The molecule has 5 aromatic rings. The molecule has 1 aliphatic rings. The van der Waals surface area contributed by atoms with Gasteiger partial charge in [0.15, 0.2) is 0 Å². The molecule has 37 heavy (non-hydrogen) atoms. The second kappa shape index (κ2) is 8.84. The van der Waals surface area contributed by atoms with E-state index < -0.39 is 0 Å². The van der Waals surface area contributed by atoms with Crippen LogP contribution in [0.5, 0.6) is 0 Å². The summed E-state index contributed by atoms with van der Waals surface area (Å²) < 4.78 is 1.97. The van der Waals surface area contributed by atoms with E-state index in [0.717, 1.165) is 61.8 Å². The number of fused-ring (bicyclic) bond motifs is 2. The Morgan fingerprint density at radius 2 is 1.65 bits per heavy atom. The van der Waals surface area contributed by atoms with Gasteiger partial charge in [0.1, 0.15) is 17.8 Å². The van der Waals surface area contributed by atoms with Crippen molar-refractivity contribution in [1.29, 1.82) is 0 Å². The van der Waals surface area contributed by atoms with E-state index >= 15 is 0 Å². The van der Waals surface area contributed by atoms with E-state index in [2.05, 4.69) is 75.8 Å². The van der Waals surface area contributed by atoms with Crippen LogP contribution >= 0.6 is 0 Å². The summed E-state index contributed by atoms with van der Waals surface area (Å²) >= 11 is 0. The molecule has 0 atom stereocenters. The highest BCUT2D eigenvalue weighted by Gasteiger charge is 2.24. The van der Waals surface area contributed by atoms with Crippen molar-refractivity contribution < 1.29 is 0 Å². The number of aromatic nitrogens is 3. The fraction of sp³-hybridized carbons (Fsp3) is 0.0323. The third-order valence-electron chi connectivity index (χ3n) is 6.67. The monoisotopic (exact) mass is 482 g/mol. The van der Waals surface area contributed by atoms with Gasteiger partial charge >= 0.3 is 0 Å². The molecule has 3 N–H and O–H groups in total. The van der Waals surface area contributed by atoms with Crippen molar-refractivity contribution in [3.63, 3.8) is 0 Å². The van der Waals surface area contributed by atoms with Crippen LogP contribution in [-0.2, 0) is 7.05 Å². The van der Waals surface area contributed by atoms with E-state index in [0.29, 0.717) is 5.82 Å². The first-order valence-electron chi connectivity index (χ1n) is 12.0. The number of hydrogen-bond acceptors (Lipinski definition) is 5. The van der Waals surface area contributed by atoms with Crippen LogP contribution < -0.4 is 16.0 Å². The van der Waals surface area contributed by atoms with Crippen LogP contribution in [0, 0.1) is 0 Å². The number of para-hydroxylation sites is 2. The topological polar surface area (TPSA) is 72.0 Å². The Balaban J connectivity index is 1.30. The van der Waals surface area contributed by atoms with Crippen molar-refractivity contribution in [2.75, 3.05) is 16.0 Å². The molecule has 180 valence electrons. The molecule has 0 aliphatic carbocycles. The molecule has 0 unspecified atom stereocenters.